The maximum Gasteiger partial charge on any atom is 0.261 e. The van der Waals surface area contributed by atoms with Crippen molar-refractivity contribution in [3.05, 3.63) is 52.5 Å². The number of carbonyl (C=O) groups excluding carboxylic acids is 1. The topological polar surface area (TPSA) is 197 Å². The Balaban J connectivity index is 0.000000743. The number of benzene rings is 2. The number of fused-ring (bicyclic) bond motifs is 2. The zero-order chi connectivity index (χ0) is 23.6. The molecule has 3 heterocycles. The van der Waals surface area contributed by atoms with Gasteiger partial charge in [0, 0.05) is 48.8 Å². The summed E-state index contributed by atoms with van der Waals surface area (Å²) >= 11 is 8.01. The van der Waals surface area contributed by atoms with Crippen LogP contribution in [0.4, 0.5) is 11.5 Å². The van der Waals surface area contributed by atoms with E-state index in [-0.39, 0.29) is 22.3 Å². The summed E-state index contributed by atoms with van der Waals surface area (Å²) in [6, 6.07) is 12.4. The van der Waals surface area contributed by atoms with Gasteiger partial charge in [-0.25, -0.2) is 0 Å². The second kappa shape index (κ2) is 13.3. The minimum Gasteiger partial charge on any atom is -0.412 e. The van der Waals surface area contributed by atoms with Crippen molar-refractivity contribution in [1.29, 1.82) is 0 Å². The molecule has 0 spiro atoms. The number of halogens is 1. The first-order chi connectivity index (χ1) is 15.7. The van der Waals surface area contributed by atoms with E-state index in [1.165, 1.54) is 10.1 Å². The molecule has 1 amide bonds. The van der Waals surface area contributed by atoms with Gasteiger partial charge in [0.25, 0.3) is 10.1 Å². The maximum atomic E-state index is 11.6. The van der Waals surface area contributed by atoms with Crippen molar-refractivity contribution >= 4 is 60.8 Å². The van der Waals surface area contributed by atoms with Gasteiger partial charge >= 0.3 is 0 Å². The molecule has 0 saturated carbocycles. The number of rotatable bonds is 4. The van der Waals surface area contributed by atoms with Gasteiger partial charge in [0.1, 0.15) is 5.82 Å². The third kappa shape index (κ3) is 8.08. The van der Waals surface area contributed by atoms with Gasteiger partial charge in [0.15, 0.2) is 0 Å². The normalized spacial score (nSPS) is 15.0. The molecule has 8 N–H and O–H groups in total. The predicted octanol–water partition coefficient (Wildman–Crippen LogP) is 0.839. The SMILES string of the molecule is CS(=O)(=O)O.O.O.O.O=C1Cc2cc(CCN3CCN(c4nsc5ccccc45)CC3)c(Cl)cc2N1. The fraction of sp³-hybridized carbons (Fsp3) is 0.364. The molecule has 2 aliphatic heterocycles. The highest BCUT2D eigenvalue weighted by molar-refractivity contribution is 7.85. The van der Waals surface area contributed by atoms with Crippen molar-refractivity contribution < 1.29 is 34.2 Å². The quantitative estimate of drug-likeness (QED) is 0.439. The molecule has 3 aromatic rings. The standard InChI is InChI=1S/C21H21ClN4OS.CH4O3S.3H2O/c22-17-13-18-15(12-20(27)23-18)11-14(17)5-6-25-7-9-26(10-8-25)21-16-3-1-2-4-19(16)28-24-21;1-5(2,3)4;;;/h1-4,11,13H,5-10,12H2,(H,23,27);1H3,(H,2,3,4);3*1H2. The highest BCUT2D eigenvalue weighted by Crippen LogP contribution is 2.31. The summed E-state index contributed by atoms with van der Waals surface area (Å²) in [4.78, 5) is 16.4. The summed E-state index contributed by atoms with van der Waals surface area (Å²) in [6.07, 6.45) is 2.08. The molecular weight excluding hydrogens is 532 g/mol. The van der Waals surface area contributed by atoms with E-state index in [2.05, 4.69) is 49.8 Å². The molecule has 14 heteroatoms. The molecular formula is C22H31ClN4O7S2. The third-order valence-electron chi connectivity index (χ3n) is 5.62. The number of anilines is 2. The second-order valence-electron chi connectivity index (χ2n) is 8.14. The molecule has 2 aromatic carbocycles. The Morgan fingerprint density at radius 3 is 2.42 bits per heavy atom. The minimum absolute atomic E-state index is 0. The number of nitrogens with one attached hydrogen (secondary N) is 1. The van der Waals surface area contributed by atoms with Crippen LogP contribution in [0, 0.1) is 0 Å². The van der Waals surface area contributed by atoms with Crippen molar-refractivity contribution in [3.63, 3.8) is 0 Å². The molecule has 36 heavy (non-hydrogen) atoms. The second-order valence-corrected chi connectivity index (χ2v) is 10.8. The molecule has 1 aromatic heterocycles. The molecule has 0 bridgehead atoms. The summed E-state index contributed by atoms with van der Waals surface area (Å²) in [6.45, 7) is 5.00. The van der Waals surface area contributed by atoms with Crippen LogP contribution < -0.4 is 10.2 Å². The first-order valence-corrected chi connectivity index (χ1v) is 13.5. The average Bonchev–Trinajstić information content (AvgIpc) is 3.33. The summed E-state index contributed by atoms with van der Waals surface area (Å²) in [5.41, 5.74) is 3.05. The van der Waals surface area contributed by atoms with Gasteiger partial charge in [0.05, 0.1) is 17.4 Å². The Bertz CT molecular complexity index is 1270. The van der Waals surface area contributed by atoms with Gasteiger partial charge in [0.2, 0.25) is 5.91 Å². The van der Waals surface area contributed by atoms with E-state index in [0.717, 1.165) is 66.8 Å². The predicted molar refractivity (Wildman–Crippen MR) is 144 cm³/mol. The zero-order valence-corrected chi connectivity index (χ0v) is 22.0. The number of hydrogen-bond acceptors (Lipinski definition) is 7. The van der Waals surface area contributed by atoms with Crippen LogP contribution in [-0.2, 0) is 27.8 Å². The molecule has 0 atom stereocenters. The summed E-state index contributed by atoms with van der Waals surface area (Å²) in [7, 11) is -3.67. The van der Waals surface area contributed by atoms with Crippen molar-refractivity contribution in [3.8, 4) is 0 Å². The lowest BCUT2D eigenvalue weighted by Gasteiger charge is -2.35. The Labute approximate surface area is 218 Å². The molecule has 0 radical (unpaired) electrons. The lowest BCUT2D eigenvalue weighted by atomic mass is 10.1. The fourth-order valence-corrected chi connectivity index (χ4v) is 5.11. The smallest absolute Gasteiger partial charge is 0.261 e. The number of amides is 1. The Hall–Kier alpha value is -2.36. The Kier molecular flexibility index (Phi) is 11.7. The number of nitrogens with zero attached hydrogens (tertiary/aromatic N) is 3. The summed E-state index contributed by atoms with van der Waals surface area (Å²) < 4.78 is 31.8. The molecule has 0 unspecified atom stereocenters. The van der Waals surface area contributed by atoms with E-state index < -0.39 is 10.1 Å². The highest BCUT2D eigenvalue weighted by atomic mass is 35.5. The average molecular weight is 563 g/mol. The molecule has 11 nitrogen and oxygen atoms in total. The van der Waals surface area contributed by atoms with Gasteiger partial charge in [-0.15, -0.1) is 0 Å². The van der Waals surface area contributed by atoms with E-state index in [1.807, 2.05) is 6.07 Å². The van der Waals surface area contributed by atoms with Crippen LogP contribution in [0.1, 0.15) is 11.1 Å². The number of carbonyl (C=O) groups is 1. The lowest BCUT2D eigenvalue weighted by molar-refractivity contribution is -0.115. The largest absolute Gasteiger partial charge is 0.412 e. The van der Waals surface area contributed by atoms with E-state index in [4.69, 9.17) is 16.2 Å². The number of aromatic nitrogens is 1. The number of piperazine rings is 1. The van der Waals surface area contributed by atoms with Gasteiger partial charge < -0.3 is 26.6 Å². The zero-order valence-electron chi connectivity index (χ0n) is 19.6. The van der Waals surface area contributed by atoms with Crippen LogP contribution >= 0.6 is 23.1 Å². The fourth-order valence-electron chi connectivity index (χ4n) is 4.05. The minimum atomic E-state index is -3.67. The van der Waals surface area contributed by atoms with E-state index >= 15 is 0 Å². The van der Waals surface area contributed by atoms with Crippen molar-refractivity contribution in [2.75, 3.05) is 49.2 Å². The van der Waals surface area contributed by atoms with Crippen molar-refractivity contribution in [2.45, 2.75) is 12.8 Å². The van der Waals surface area contributed by atoms with E-state index in [9.17, 15) is 13.2 Å². The highest BCUT2D eigenvalue weighted by Gasteiger charge is 2.22. The van der Waals surface area contributed by atoms with Crippen molar-refractivity contribution in [1.82, 2.24) is 9.27 Å². The maximum absolute atomic E-state index is 11.6. The first-order valence-electron chi connectivity index (χ1n) is 10.5. The summed E-state index contributed by atoms with van der Waals surface area (Å²) in [5.74, 6) is 1.17. The van der Waals surface area contributed by atoms with Gasteiger partial charge in [-0.2, -0.15) is 12.8 Å². The van der Waals surface area contributed by atoms with Crippen molar-refractivity contribution in [2.24, 2.45) is 0 Å². The number of hydrogen-bond donors (Lipinski definition) is 2. The van der Waals surface area contributed by atoms with Crippen LogP contribution in [0.5, 0.6) is 0 Å². The van der Waals surface area contributed by atoms with Gasteiger partial charge in [-0.1, -0.05) is 29.8 Å². The molecule has 0 aliphatic carbocycles. The van der Waals surface area contributed by atoms with Crippen LogP contribution in [0.15, 0.2) is 36.4 Å². The molecule has 2 aliphatic rings. The van der Waals surface area contributed by atoms with Crippen LogP contribution in [-0.4, -0.2) is 83.6 Å². The molecule has 5 rings (SSSR count). The van der Waals surface area contributed by atoms with Crippen LogP contribution in [0.25, 0.3) is 10.1 Å². The van der Waals surface area contributed by atoms with E-state index in [1.54, 1.807) is 11.5 Å². The molecule has 200 valence electrons. The molecule has 1 saturated heterocycles. The Morgan fingerprint density at radius 2 is 1.75 bits per heavy atom. The summed E-state index contributed by atoms with van der Waals surface area (Å²) in [5, 5.41) is 4.86. The van der Waals surface area contributed by atoms with Crippen LogP contribution in [0.2, 0.25) is 5.02 Å². The first kappa shape index (κ1) is 31.7. The Morgan fingerprint density at radius 1 is 1.11 bits per heavy atom. The molecule has 1 fully saturated rings. The third-order valence-corrected chi connectivity index (χ3v) is 6.79. The van der Waals surface area contributed by atoms with Gasteiger partial charge in [-0.3, -0.25) is 14.2 Å². The van der Waals surface area contributed by atoms with Crippen LogP contribution in [0.3, 0.4) is 0 Å². The van der Waals surface area contributed by atoms with E-state index in [0.29, 0.717) is 12.7 Å². The lowest BCUT2D eigenvalue weighted by Crippen LogP contribution is -2.47. The van der Waals surface area contributed by atoms with Gasteiger partial charge in [-0.05, 0) is 47.3 Å². The monoisotopic (exact) mass is 562 g/mol.